The summed E-state index contributed by atoms with van der Waals surface area (Å²) in [7, 11) is 0. The number of hydrogen-bond donors (Lipinski definition) is 1. The van der Waals surface area contributed by atoms with Crippen LogP contribution in [0.1, 0.15) is 105 Å². The van der Waals surface area contributed by atoms with E-state index in [2.05, 4.69) is 40.7 Å². The van der Waals surface area contributed by atoms with Gasteiger partial charge >= 0.3 is 0 Å². The highest BCUT2D eigenvalue weighted by Crippen LogP contribution is 2.67. The first-order valence-corrected chi connectivity index (χ1v) is 12.7. The van der Waals surface area contributed by atoms with Gasteiger partial charge in [-0.15, -0.1) is 0 Å². The summed E-state index contributed by atoms with van der Waals surface area (Å²) in [6.07, 6.45) is 17.2. The lowest BCUT2D eigenvalue weighted by Gasteiger charge is -2.59. The highest BCUT2D eigenvalue weighted by Gasteiger charge is 2.62. The monoisotopic (exact) mass is 386 g/mol. The number of hydrogen-bond acceptors (Lipinski definition) is 1. The molecule has 0 amide bonds. The maximum Gasteiger partial charge on any atom is 0.0602 e. The van der Waals surface area contributed by atoms with Gasteiger partial charge in [-0.05, 0) is 91.3 Å². The third-order valence-corrected chi connectivity index (χ3v) is 10.3. The van der Waals surface area contributed by atoms with Gasteiger partial charge in [-0.3, -0.25) is 0 Å². The van der Waals surface area contributed by atoms with Gasteiger partial charge in [-0.1, -0.05) is 72.0 Å². The Balaban J connectivity index is 1.54. The van der Waals surface area contributed by atoms with E-state index in [0.29, 0.717) is 5.41 Å². The molecule has 8 atom stereocenters. The van der Waals surface area contributed by atoms with Crippen molar-refractivity contribution < 1.29 is 5.11 Å². The van der Waals surface area contributed by atoms with Crippen LogP contribution in [0.3, 0.4) is 0 Å². The standard InChI is InChI=1S/C27H46O/c1-18(2)9-8-10-19(3)22-14-15-23-21-13-12-20-11-6-7-16-26(20,4)24(21)17-25(28)27(22,23)5/h12,18-19,21-25,28H,6-11,13-17H2,1-5H3/t19-,21+,22-,23+,24+,25?,26+,27-/m1/s1. The Bertz CT molecular complexity index is 591. The van der Waals surface area contributed by atoms with Crippen LogP contribution in [0, 0.1) is 46.3 Å². The first kappa shape index (κ1) is 21.0. The van der Waals surface area contributed by atoms with E-state index >= 15 is 0 Å². The van der Waals surface area contributed by atoms with Crippen molar-refractivity contribution in [3.63, 3.8) is 0 Å². The Kier molecular flexibility index (Phi) is 5.80. The molecule has 1 nitrogen and oxygen atoms in total. The number of aliphatic hydroxyl groups is 1. The first-order valence-electron chi connectivity index (χ1n) is 12.7. The molecule has 1 N–H and O–H groups in total. The van der Waals surface area contributed by atoms with Crippen LogP contribution in [0.5, 0.6) is 0 Å². The summed E-state index contributed by atoms with van der Waals surface area (Å²) >= 11 is 0. The fourth-order valence-electron chi connectivity index (χ4n) is 8.67. The number of allylic oxidation sites excluding steroid dienone is 2. The van der Waals surface area contributed by atoms with E-state index in [0.717, 1.165) is 41.9 Å². The minimum Gasteiger partial charge on any atom is -0.393 e. The molecule has 4 aliphatic carbocycles. The van der Waals surface area contributed by atoms with Crippen LogP contribution in [0.15, 0.2) is 11.6 Å². The summed E-state index contributed by atoms with van der Waals surface area (Å²) in [5.41, 5.74) is 2.31. The fourth-order valence-corrected chi connectivity index (χ4v) is 8.67. The maximum atomic E-state index is 11.6. The van der Waals surface area contributed by atoms with Crippen molar-refractivity contribution in [1.29, 1.82) is 0 Å². The van der Waals surface area contributed by atoms with Crippen LogP contribution < -0.4 is 0 Å². The molecule has 0 bridgehead atoms. The van der Waals surface area contributed by atoms with Gasteiger partial charge in [0.25, 0.3) is 0 Å². The van der Waals surface area contributed by atoms with E-state index in [9.17, 15) is 5.11 Å². The molecule has 0 spiro atoms. The molecule has 0 aromatic heterocycles. The molecule has 0 saturated heterocycles. The second kappa shape index (κ2) is 7.75. The van der Waals surface area contributed by atoms with E-state index in [1.54, 1.807) is 5.57 Å². The summed E-state index contributed by atoms with van der Waals surface area (Å²) in [6, 6.07) is 0. The van der Waals surface area contributed by atoms with Crippen molar-refractivity contribution in [2.75, 3.05) is 0 Å². The van der Waals surface area contributed by atoms with Gasteiger partial charge in [-0.25, -0.2) is 0 Å². The second-order valence-electron chi connectivity index (χ2n) is 12.1. The largest absolute Gasteiger partial charge is 0.393 e. The smallest absolute Gasteiger partial charge is 0.0602 e. The van der Waals surface area contributed by atoms with Gasteiger partial charge in [-0.2, -0.15) is 0 Å². The van der Waals surface area contributed by atoms with Gasteiger partial charge in [0.1, 0.15) is 0 Å². The molecule has 4 aliphatic rings. The Morgan fingerprint density at radius 1 is 1.07 bits per heavy atom. The molecule has 1 unspecified atom stereocenters. The SMILES string of the molecule is CC(C)CCC[C@@H](C)[C@H]1CC[C@H]2[C@@H]3CC=C4CCCC[C@]4(C)[C@H]3CC(O)[C@]12C. The predicted octanol–water partition coefficient (Wildman–Crippen LogP) is 7.39. The first-order chi connectivity index (χ1) is 13.3. The average Bonchev–Trinajstić information content (AvgIpc) is 3.01. The van der Waals surface area contributed by atoms with Gasteiger partial charge in [0.05, 0.1) is 6.10 Å². The molecular formula is C27H46O. The molecule has 0 aromatic rings. The maximum absolute atomic E-state index is 11.6. The predicted molar refractivity (Wildman–Crippen MR) is 119 cm³/mol. The van der Waals surface area contributed by atoms with Crippen LogP contribution in [0.4, 0.5) is 0 Å². The van der Waals surface area contributed by atoms with Crippen molar-refractivity contribution in [1.82, 2.24) is 0 Å². The third kappa shape index (κ3) is 3.23. The van der Waals surface area contributed by atoms with Crippen LogP contribution in [0.2, 0.25) is 0 Å². The van der Waals surface area contributed by atoms with Crippen LogP contribution in [-0.2, 0) is 0 Å². The average molecular weight is 387 g/mol. The molecule has 0 radical (unpaired) electrons. The number of rotatable bonds is 5. The molecule has 3 fully saturated rings. The number of aliphatic hydroxyl groups excluding tert-OH is 1. The van der Waals surface area contributed by atoms with Crippen LogP contribution in [0.25, 0.3) is 0 Å². The molecule has 4 rings (SSSR count). The summed E-state index contributed by atoms with van der Waals surface area (Å²) in [5.74, 6) is 4.61. The van der Waals surface area contributed by atoms with Gasteiger partial charge in [0, 0.05) is 0 Å². The summed E-state index contributed by atoms with van der Waals surface area (Å²) in [6.45, 7) is 12.3. The van der Waals surface area contributed by atoms with E-state index in [1.165, 1.54) is 64.2 Å². The molecule has 1 heteroatoms. The van der Waals surface area contributed by atoms with Crippen molar-refractivity contribution in [2.45, 2.75) is 111 Å². The molecule has 0 heterocycles. The van der Waals surface area contributed by atoms with Gasteiger partial charge < -0.3 is 5.11 Å². The highest BCUT2D eigenvalue weighted by atomic mass is 16.3. The third-order valence-electron chi connectivity index (χ3n) is 10.3. The second-order valence-corrected chi connectivity index (χ2v) is 12.1. The minimum absolute atomic E-state index is 0.0862. The fraction of sp³-hybridized carbons (Fsp3) is 0.926. The van der Waals surface area contributed by atoms with E-state index in [4.69, 9.17) is 0 Å². The van der Waals surface area contributed by atoms with E-state index < -0.39 is 0 Å². The summed E-state index contributed by atoms with van der Waals surface area (Å²) in [5, 5.41) is 11.6. The van der Waals surface area contributed by atoms with Crippen molar-refractivity contribution in [3.8, 4) is 0 Å². The van der Waals surface area contributed by atoms with Gasteiger partial charge in [0.15, 0.2) is 0 Å². The molecule has 0 aromatic carbocycles. The Hall–Kier alpha value is -0.300. The normalized spacial score (nSPS) is 46.5. The van der Waals surface area contributed by atoms with Crippen molar-refractivity contribution in [2.24, 2.45) is 46.3 Å². The summed E-state index contributed by atoms with van der Waals surface area (Å²) < 4.78 is 0. The quantitative estimate of drug-likeness (QED) is 0.488. The van der Waals surface area contributed by atoms with Crippen molar-refractivity contribution in [3.05, 3.63) is 11.6 Å². The molecule has 160 valence electrons. The Morgan fingerprint density at radius 2 is 1.86 bits per heavy atom. The highest BCUT2D eigenvalue weighted by molar-refractivity contribution is 5.25. The summed E-state index contributed by atoms with van der Waals surface area (Å²) in [4.78, 5) is 0. The Morgan fingerprint density at radius 3 is 2.61 bits per heavy atom. The van der Waals surface area contributed by atoms with Crippen LogP contribution in [-0.4, -0.2) is 11.2 Å². The van der Waals surface area contributed by atoms with E-state index in [1.807, 2.05) is 0 Å². The van der Waals surface area contributed by atoms with Gasteiger partial charge in [0.2, 0.25) is 0 Å². The zero-order chi connectivity index (χ0) is 20.1. The zero-order valence-electron chi connectivity index (χ0n) is 19.3. The van der Waals surface area contributed by atoms with E-state index in [-0.39, 0.29) is 11.5 Å². The lowest BCUT2D eigenvalue weighted by atomic mass is 9.46. The topological polar surface area (TPSA) is 20.2 Å². The lowest BCUT2D eigenvalue weighted by molar-refractivity contribution is -0.134. The molecule has 0 aliphatic heterocycles. The lowest BCUT2D eigenvalue weighted by Crippen LogP contribution is -2.56. The zero-order valence-corrected chi connectivity index (χ0v) is 19.3. The molecule has 3 saturated carbocycles. The van der Waals surface area contributed by atoms with Crippen molar-refractivity contribution >= 4 is 0 Å². The van der Waals surface area contributed by atoms with Crippen LogP contribution >= 0.6 is 0 Å². The Labute approximate surface area is 174 Å². The molecular weight excluding hydrogens is 340 g/mol. The molecule has 28 heavy (non-hydrogen) atoms. The minimum atomic E-state index is -0.0862. The number of fused-ring (bicyclic) bond motifs is 5.